The van der Waals surface area contributed by atoms with E-state index in [4.69, 9.17) is 0 Å². The normalized spacial score (nSPS) is 10.9. The number of aromatic nitrogens is 4. The molecule has 0 N–H and O–H groups in total. The third-order valence-electron chi connectivity index (χ3n) is 2.51. The van der Waals surface area contributed by atoms with Gasteiger partial charge in [0, 0.05) is 11.5 Å². The molecule has 0 bridgehead atoms. The predicted octanol–water partition coefficient (Wildman–Crippen LogP) is 1.44. The monoisotopic (exact) mass is 262 g/mol. The lowest BCUT2D eigenvalue weighted by Crippen LogP contribution is -2.21. The minimum absolute atomic E-state index is 0.238. The van der Waals surface area contributed by atoms with Crippen molar-refractivity contribution in [3.05, 3.63) is 52.3 Å². The van der Waals surface area contributed by atoms with Gasteiger partial charge in [-0.3, -0.25) is 9.36 Å². The maximum atomic E-state index is 12.8. The summed E-state index contributed by atoms with van der Waals surface area (Å²) in [6, 6.07) is 5.98. The van der Waals surface area contributed by atoms with Crippen molar-refractivity contribution in [3.8, 4) is 0 Å². The Hall–Kier alpha value is -2.15. The SMILES string of the molecule is O=c1c2nnsc2ncn1Cc1ccc(F)cc1. The van der Waals surface area contributed by atoms with Crippen molar-refractivity contribution in [1.82, 2.24) is 19.1 Å². The highest BCUT2D eigenvalue weighted by Gasteiger charge is 2.07. The van der Waals surface area contributed by atoms with Crippen molar-refractivity contribution in [2.24, 2.45) is 0 Å². The molecule has 90 valence electrons. The largest absolute Gasteiger partial charge is 0.293 e. The van der Waals surface area contributed by atoms with E-state index in [1.807, 2.05) is 0 Å². The van der Waals surface area contributed by atoms with Gasteiger partial charge in [-0.2, -0.15) is 0 Å². The van der Waals surface area contributed by atoms with Gasteiger partial charge in [-0.25, -0.2) is 9.37 Å². The molecule has 7 heteroatoms. The van der Waals surface area contributed by atoms with E-state index in [-0.39, 0.29) is 16.9 Å². The molecular weight excluding hydrogens is 255 g/mol. The first-order valence-corrected chi connectivity index (χ1v) is 5.93. The molecule has 0 saturated heterocycles. The standard InChI is InChI=1S/C11H7FN4OS/c12-8-3-1-7(2-4-8)5-16-6-13-10-9(11(16)17)14-15-18-10/h1-4,6H,5H2. The zero-order chi connectivity index (χ0) is 12.5. The lowest BCUT2D eigenvalue weighted by atomic mass is 10.2. The maximum Gasteiger partial charge on any atom is 0.283 e. The minimum atomic E-state index is -0.302. The lowest BCUT2D eigenvalue weighted by molar-refractivity contribution is 0.626. The number of nitrogens with zero attached hydrogens (tertiary/aromatic N) is 4. The highest BCUT2D eigenvalue weighted by molar-refractivity contribution is 7.12. The average molecular weight is 262 g/mol. The fourth-order valence-electron chi connectivity index (χ4n) is 1.61. The fraction of sp³-hybridized carbons (Fsp3) is 0.0909. The molecule has 0 atom stereocenters. The van der Waals surface area contributed by atoms with Crippen LogP contribution >= 0.6 is 11.5 Å². The molecule has 0 spiro atoms. The Morgan fingerprint density at radius 3 is 2.83 bits per heavy atom. The van der Waals surface area contributed by atoms with Crippen molar-refractivity contribution in [3.63, 3.8) is 0 Å². The molecule has 0 saturated carbocycles. The second kappa shape index (κ2) is 4.26. The third kappa shape index (κ3) is 1.88. The highest BCUT2D eigenvalue weighted by Crippen LogP contribution is 2.08. The van der Waals surface area contributed by atoms with Crippen molar-refractivity contribution in [1.29, 1.82) is 0 Å². The summed E-state index contributed by atoms with van der Waals surface area (Å²) in [5.41, 5.74) is 0.852. The smallest absolute Gasteiger partial charge is 0.283 e. The Labute approximate surface area is 105 Å². The molecule has 18 heavy (non-hydrogen) atoms. The number of hydrogen-bond donors (Lipinski definition) is 0. The van der Waals surface area contributed by atoms with Gasteiger partial charge in [-0.1, -0.05) is 16.6 Å². The summed E-state index contributed by atoms with van der Waals surface area (Å²) in [7, 11) is 0. The van der Waals surface area contributed by atoms with Crippen LogP contribution < -0.4 is 5.56 Å². The van der Waals surface area contributed by atoms with Crippen LogP contribution in [0.4, 0.5) is 4.39 Å². The van der Waals surface area contributed by atoms with Crippen LogP contribution in [0.25, 0.3) is 10.3 Å². The van der Waals surface area contributed by atoms with Crippen LogP contribution in [-0.2, 0) is 6.54 Å². The van der Waals surface area contributed by atoms with Gasteiger partial charge >= 0.3 is 0 Å². The summed E-state index contributed by atoms with van der Waals surface area (Å²) in [4.78, 5) is 16.6. The Morgan fingerprint density at radius 1 is 1.28 bits per heavy atom. The van der Waals surface area contributed by atoms with E-state index >= 15 is 0 Å². The summed E-state index contributed by atoms with van der Waals surface area (Å²) >= 11 is 1.08. The summed E-state index contributed by atoms with van der Waals surface area (Å²) in [5, 5.41) is 3.75. The van der Waals surface area contributed by atoms with Gasteiger partial charge < -0.3 is 0 Å². The van der Waals surface area contributed by atoms with Gasteiger partial charge in [0.05, 0.1) is 12.9 Å². The Morgan fingerprint density at radius 2 is 2.06 bits per heavy atom. The molecule has 0 aliphatic heterocycles. The second-order valence-corrected chi connectivity index (χ2v) is 4.46. The fourth-order valence-corrected chi connectivity index (χ4v) is 2.12. The lowest BCUT2D eigenvalue weighted by Gasteiger charge is -2.04. The number of halogens is 1. The van der Waals surface area contributed by atoms with Gasteiger partial charge in [0.15, 0.2) is 10.3 Å². The molecule has 2 heterocycles. The van der Waals surface area contributed by atoms with Crippen molar-refractivity contribution >= 4 is 21.9 Å². The molecule has 5 nitrogen and oxygen atoms in total. The number of hydrogen-bond acceptors (Lipinski definition) is 5. The van der Waals surface area contributed by atoms with Crippen LogP contribution in [0.1, 0.15) is 5.56 Å². The molecule has 0 aliphatic carbocycles. The summed E-state index contributed by atoms with van der Waals surface area (Å²) in [6.45, 7) is 0.333. The van der Waals surface area contributed by atoms with Crippen LogP contribution in [0.3, 0.4) is 0 Å². The van der Waals surface area contributed by atoms with Crippen LogP contribution in [-0.4, -0.2) is 19.1 Å². The number of fused-ring (bicyclic) bond motifs is 1. The Balaban J connectivity index is 2.02. The van der Waals surface area contributed by atoms with E-state index in [0.717, 1.165) is 17.1 Å². The van der Waals surface area contributed by atoms with E-state index in [9.17, 15) is 9.18 Å². The molecule has 2 aromatic heterocycles. The van der Waals surface area contributed by atoms with E-state index in [2.05, 4.69) is 14.6 Å². The van der Waals surface area contributed by atoms with Gasteiger partial charge in [0.25, 0.3) is 5.56 Å². The molecule has 0 fully saturated rings. The summed E-state index contributed by atoms with van der Waals surface area (Å²) < 4.78 is 17.9. The van der Waals surface area contributed by atoms with E-state index in [1.54, 1.807) is 12.1 Å². The first-order valence-electron chi connectivity index (χ1n) is 5.16. The molecule has 0 amide bonds. The van der Waals surface area contributed by atoms with Gasteiger partial charge in [0.2, 0.25) is 0 Å². The number of benzene rings is 1. The van der Waals surface area contributed by atoms with E-state index in [1.165, 1.54) is 23.0 Å². The topological polar surface area (TPSA) is 60.7 Å². The van der Waals surface area contributed by atoms with E-state index in [0.29, 0.717) is 11.4 Å². The molecular formula is C11H7FN4OS. The third-order valence-corrected chi connectivity index (χ3v) is 3.15. The van der Waals surface area contributed by atoms with Crippen LogP contribution in [0.2, 0.25) is 0 Å². The molecule has 3 aromatic rings. The molecule has 0 radical (unpaired) electrons. The second-order valence-electron chi connectivity index (χ2n) is 3.73. The van der Waals surface area contributed by atoms with E-state index < -0.39 is 0 Å². The first-order chi connectivity index (χ1) is 8.74. The molecule has 3 rings (SSSR count). The van der Waals surface area contributed by atoms with Crippen molar-refractivity contribution < 1.29 is 4.39 Å². The van der Waals surface area contributed by atoms with Crippen LogP contribution in [0, 0.1) is 5.82 Å². The maximum absolute atomic E-state index is 12.8. The minimum Gasteiger partial charge on any atom is -0.293 e. The Kier molecular flexibility index (Phi) is 2.60. The van der Waals surface area contributed by atoms with Gasteiger partial charge in [-0.15, -0.1) is 5.10 Å². The highest BCUT2D eigenvalue weighted by atomic mass is 32.1. The van der Waals surface area contributed by atoms with Crippen molar-refractivity contribution in [2.45, 2.75) is 6.54 Å². The average Bonchev–Trinajstić information content (AvgIpc) is 2.84. The number of rotatable bonds is 2. The van der Waals surface area contributed by atoms with Gasteiger partial charge in [-0.05, 0) is 17.7 Å². The molecule has 1 aromatic carbocycles. The molecule has 0 aliphatic rings. The van der Waals surface area contributed by atoms with Crippen molar-refractivity contribution in [2.75, 3.05) is 0 Å². The summed E-state index contributed by atoms with van der Waals surface area (Å²) in [6.07, 6.45) is 1.45. The van der Waals surface area contributed by atoms with Crippen LogP contribution in [0.5, 0.6) is 0 Å². The Bertz CT molecular complexity index is 750. The molecule has 0 unspecified atom stereocenters. The van der Waals surface area contributed by atoms with Gasteiger partial charge in [0.1, 0.15) is 5.82 Å². The van der Waals surface area contributed by atoms with Crippen LogP contribution in [0.15, 0.2) is 35.4 Å². The zero-order valence-corrected chi connectivity index (χ0v) is 9.89. The predicted molar refractivity (Wildman–Crippen MR) is 65.0 cm³/mol. The first kappa shape index (κ1) is 11.0. The quantitative estimate of drug-likeness (QED) is 0.701. The zero-order valence-electron chi connectivity index (χ0n) is 9.08. The summed E-state index contributed by atoms with van der Waals surface area (Å²) in [5.74, 6) is -0.302.